The maximum Gasteiger partial charge on any atom is 0.449 e. The Hall–Kier alpha value is -0.970. The average molecular weight is 219 g/mol. The minimum atomic E-state index is -4.42. The first-order valence-corrected chi connectivity index (χ1v) is 4.67. The number of hydrogen-bond acceptors (Lipinski definition) is 2. The Morgan fingerprint density at radius 2 is 1.87 bits per heavy atom. The summed E-state index contributed by atoms with van der Waals surface area (Å²) in [6.45, 7) is 3.83. The third-order valence-corrected chi connectivity index (χ3v) is 3.12. The molecule has 1 aliphatic carbocycles. The zero-order chi connectivity index (χ0) is 11.4. The predicted octanol–water partition coefficient (Wildman–Crippen LogP) is 2.75. The molecule has 1 heterocycles. The van der Waals surface area contributed by atoms with Crippen LogP contribution in [-0.2, 0) is 6.18 Å². The van der Waals surface area contributed by atoms with E-state index in [0.717, 1.165) is 6.07 Å². The van der Waals surface area contributed by atoms with Gasteiger partial charge in [-0.1, -0.05) is 13.8 Å². The highest BCUT2D eigenvalue weighted by atomic mass is 19.4. The Morgan fingerprint density at radius 3 is 2.20 bits per heavy atom. The lowest BCUT2D eigenvalue weighted by Crippen LogP contribution is -2.06. The molecule has 2 N–H and O–H groups in total. The first kappa shape index (κ1) is 10.5. The van der Waals surface area contributed by atoms with Crippen molar-refractivity contribution in [3.05, 3.63) is 23.7 Å². The van der Waals surface area contributed by atoms with Gasteiger partial charge in [0.15, 0.2) is 0 Å². The number of nitrogens with two attached hydrogens (primary N) is 1. The van der Waals surface area contributed by atoms with Crippen molar-refractivity contribution in [3.8, 4) is 0 Å². The van der Waals surface area contributed by atoms with E-state index in [4.69, 9.17) is 10.2 Å². The molecule has 15 heavy (non-hydrogen) atoms. The van der Waals surface area contributed by atoms with E-state index in [9.17, 15) is 13.2 Å². The van der Waals surface area contributed by atoms with Crippen molar-refractivity contribution in [2.75, 3.05) is 0 Å². The van der Waals surface area contributed by atoms with E-state index in [-0.39, 0.29) is 17.4 Å². The van der Waals surface area contributed by atoms with Crippen LogP contribution in [0.3, 0.4) is 0 Å². The monoisotopic (exact) mass is 219 g/mol. The van der Waals surface area contributed by atoms with Gasteiger partial charge >= 0.3 is 6.18 Å². The van der Waals surface area contributed by atoms with Gasteiger partial charge in [-0.05, 0) is 17.5 Å². The van der Waals surface area contributed by atoms with Gasteiger partial charge < -0.3 is 10.2 Å². The lowest BCUT2D eigenvalue weighted by molar-refractivity contribution is -0.153. The Labute approximate surface area is 85.2 Å². The molecule has 1 aliphatic rings. The largest absolute Gasteiger partial charge is 0.456 e. The summed E-state index contributed by atoms with van der Waals surface area (Å²) in [6.07, 6.45) is -4.42. The number of halogens is 3. The van der Waals surface area contributed by atoms with Crippen molar-refractivity contribution in [1.82, 2.24) is 0 Å². The number of alkyl halides is 3. The zero-order valence-electron chi connectivity index (χ0n) is 8.43. The Morgan fingerprint density at radius 1 is 1.33 bits per heavy atom. The lowest BCUT2D eigenvalue weighted by atomic mass is 10.1. The number of furan rings is 1. The SMILES string of the molecule is CC1(C)[C@H](N)[C@H]1c1ccc(C(F)(F)F)o1. The topological polar surface area (TPSA) is 39.2 Å². The molecule has 0 spiro atoms. The highest BCUT2D eigenvalue weighted by Crippen LogP contribution is 2.57. The molecule has 1 aromatic heterocycles. The summed E-state index contributed by atoms with van der Waals surface area (Å²) < 4.78 is 41.5. The fourth-order valence-corrected chi connectivity index (χ4v) is 1.89. The van der Waals surface area contributed by atoms with E-state index in [1.54, 1.807) is 0 Å². The van der Waals surface area contributed by atoms with Gasteiger partial charge in [0, 0.05) is 12.0 Å². The molecular formula is C10H12F3NO. The third-order valence-electron chi connectivity index (χ3n) is 3.12. The smallest absolute Gasteiger partial charge is 0.449 e. The highest BCUT2D eigenvalue weighted by molar-refractivity contribution is 5.28. The van der Waals surface area contributed by atoms with Gasteiger partial charge in [0.25, 0.3) is 0 Å². The summed E-state index contributed by atoms with van der Waals surface area (Å²) in [4.78, 5) is 0. The van der Waals surface area contributed by atoms with Crippen LogP contribution >= 0.6 is 0 Å². The van der Waals surface area contributed by atoms with E-state index in [0.29, 0.717) is 5.76 Å². The summed E-state index contributed by atoms with van der Waals surface area (Å²) in [5.74, 6) is -0.721. The van der Waals surface area contributed by atoms with Gasteiger partial charge in [-0.3, -0.25) is 0 Å². The van der Waals surface area contributed by atoms with Crippen LogP contribution in [0.25, 0.3) is 0 Å². The minimum absolute atomic E-state index is 0.103. The van der Waals surface area contributed by atoms with E-state index < -0.39 is 11.9 Å². The fourth-order valence-electron chi connectivity index (χ4n) is 1.89. The van der Waals surface area contributed by atoms with Crippen LogP contribution in [0.2, 0.25) is 0 Å². The molecule has 1 fully saturated rings. The molecule has 1 aromatic rings. The normalized spacial score (nSPS) is 29.2. The van der Waals surface area contributed by atoms with Gasteiger partial charge in [-0.2, -0.15) is 13.2 Å². The van der Waals surface area contributed by atoms with Crippen LogP contribution in [0, 0.1) is 5.41 Å². The molecule has 5 heteroatoms. The van der Waals surface area contributed by atoms with Crippen LogP contribution in [-0.4, -0.2) is 6.04 Å². The third kappa shape index (κ3) is 1.55. The van der Waals surface area contributed by atoms with Crippen molar-refractivity contribution in [2.24, 2.45) is 11.1 Å². The molecule has 1 saturated carbocycles. The van der Waals surface area contributed by atoms with E-state index >= 15 is 0 Å². The maximum absolute atomic E-state index is 12.2. The van der Waals surface area contributed by atoms with E-state index in [2.05, 4.69) is 0 Å². The molecule has 0 aliphatic heterocycles. The Balaban J connectivity index is 2.23. The molecule has 84 valence electrons. The summed E-state index contributed by atoms with van der Waals surface area (Å²) in [5.41, 5.74) is 5.59. The first-order valence-electron chi connectivity index (χ1n) is 4.67. The Kier molecular flexibility index (Phi) is 1.96. The van der Waals surface area contributed by atoms with Gasteiger partial charge in [0.2, 0.25) is 5.76 Å². The lowest BCUT2D eigenvalue weighted by Gasteiger charge is -2.01. The summed E-state index contributed by atoms with van der Waals surface area (Å²) in [7, 11) is 0. The van der Waals surface area contributed by atoms with Crippen molar-refractivity contribution in [3.63, 3.8) is 0 Å². The standard InChI is InChI=1S/C10H12F3NO/c1-9(2)7(8(9)14)5-3-4-6(15-5)10(11,12)13/h3-4,7-8H,14H2,1-2H3/t7-,8-/m1/s1. The van der Waals surface area contributed by atoms with Gasteiger partial charge in [0.1, 0.15) is 5.76 Å². The second-order valence-corrected chi connectivity index (χ2v) is 4.52. The van der Waals surface area contributed by atoms with Crippen LogP contribution in [0.5, 0.6) is 0 Å². The average Bonchev–Trinajstić information content (AvgIpc) is 2.53. The van der Waals surface area contributed by atoms with E-state index in [1.165, 1.54) is 6.07 Å². The molecule has 0 amide bonds. The summed E-state index contributed by atoms with van der Waals surface area (Å²) >= 11 is 0. The molecule has 0 aromatic carbocycles. The highest BCUT2D eigenvalue weighted by Gasteiger charge is 2.58. The molecular weight excluding hydrogens is 207 g/mol. The van der Waals surface area contributed by atoms with Crippen LogP contribution < -0.4 is 5.73 Å². The van der Waals surface area contributed by atoms with Crippen molar-refractivity contribution >= 4 is 0 Å². The molecule has 0 bridgehead atoms. The molecule has 2 rings (SSSR count). The van der Waals surface area contributed by atoms with Gasteiger partial charge in [0.05, 0.1) is 0 Å². The van der Waals surface area contributed by atoms with Crippen LogP contribution in [0.4, 0.5) is 13.2 Å². The zero-order valence-corrected chi connectivity index (χ0v) is 8.43. The van der Waals surface area contributed by atoms with Crippen molar-refractivity contribution in [1.29, 1.82) is 0 Å². The minimum Gasteiger partial charge on any atom is -0.456 e. The van der Waals surface area contributed by atoms with Crippen LogP contribution in [0.15, 0.2) is 16.5 Å². The summed E-state index contributed by atoms with van der Waals surface area (Å²) in [5, 5.41) is 0. The fraction of sp³-hybridized carbons (Fsp3) is 0.600. The molecule has 0 radical (unpaired) electrons. The second-order valence-electron chi connectivity index (χ2n) is 4.52. The van der Waals surface area contributed by atoms with Gasteiger partial charge in [-0.15, -0.1) is 0 Å². The molecule has 0 unspecified atom stereocenters. The Bertz CT molecular complexity index is 380. The van der Waals surface area contributed by atoms with Crippen molar-refractivity contribution < 1.29 is 17.6 Å². The van der Waals surface area contributed by atoms with Crippen LogP contribution in [0.1, 0.15) is 31.3 Å². The molecule has 0 saturated heterocycles. The second kappa shape index (κ2) is 2.78. The number of rotatable bonds is 1. The first-order chi connectivity index (χ1) is 6.74. The molecule has 2 atom stereocenters. The predicted molar refractivity (Wildman–Crippen MR) is 48.2 cm³/mol. The summed E-state index contributed by atoms with van der Waals surface area (Å²) in [6, 6.07) is 2.20. The van der Waals surface area contributed by atoms with Crippen molar-refractivity contribution in [2.45, 2.75) is 32.0 Å². The molecule has 2 nitrogen and oxygen atoms in total. The number of hydrogen-bond donors (Lipinski definition) is 1. The van der Waals surface area contributed by atoms with Gasteiger partial charge in [-0.25, -0.2) is 0 Å². The maximum atomic E-state index is 12.2. The van der Waals surface area contributed by atoms with E-state index in [1.807, 2.05) is 13.8 Å². The quantitative estimate of drug-likeness (QED) is 0.788.